The largest absolute Gasteiger partial charge is 0.324 e. The number of nitrogens with one attached hydrogen (secondary N) is 2. The number of carbonyl (C=O) groups excluding carboxylic acids is 1. The Morgan fingerprint density at radius 2 is 2.37 bits per heavy atom. The van der Waals surface area contributed by atoms with Gasteiger partial charge in [-0.25, -0.2) is 4.68 Å². The molecule has 19 heavy (non-hydrogen) atoms. The standard InChI is InChI=1S/C13H13ClN4O/c1-2-15-12-8-6-9(14)11(18-5-3-4-16-18)7-10(8)17-13(12)19/h3-7,12,15H,2H2,1H3,(H,17,19). The van der Waals surface area contributed by atoms with Crippen LogP contribution in [0.4, 0.5) is 5.69 Å². The van der Waals surface area contributed by atoms with Gasteiger partial charge in [0.05, 0.1) is 10.7 Å². The predicted octanol–water partition coefficient (Wildman–Crippen LogP) is 2.13. The van der Waals surface area contributed by atoms with Gasteiger partial charge in [0.1, 0.15) is 6.04 Å². The Morgan fingerprint density at radius 1 is 1.53 bits per heavy atom. The number of likely N-dealkylation sites (N-methyl/N-ethyl adjacent to an activating group) is 1. The molecular weight excluding hydrogens is 264 g/mol. The van der Waals surface area contributed by atoms with Crippen LogP contribution >= 0.6 is 11.6 Å². The van der Waals surface area contributed by atoms with Gasteiger partial charge in [0.25, 0.3) is 0 Å². The molecule has 1 amide bonds. The first-order valence-corrected chi connectivity index (χ1v) is 6.46. The van der Waals surface area contributed by atoms with Gasteiger partial charge in [0, 0.05) is 23.6 Å². The fourth-order valence-corrected chi connectivity index (χ4v) is 2.52. The molecule has 0 aliphatic carbocycles. The van der Waals surface area contributed by atoms with Crippen molar-refractivity contribution in [3.63, 3.8) is 0 Å². The highest BCUT2D eigenvalue weighted by molar-refractivity contribution is 6.32. The lowest BCUT2D eigenvalue weighted by molar-refractivity contribution is -0.117. The Balaban J connectivity index is 2.07. The normalized spacial score (nSPS) is 17.4. The lowest BCUT2D eigenvalue weighted by atomic mass is 10.1. The predicted molar refractivity (Wildman–Crippen MR) is 73.6 cm³/mol. The topological polar surface area (TPSA) is 59.0 Å². The zero-order valence-electron chi connectivity index (χ0n) is 10.4. The minimum atomic E-state index is -0.329. The van der Waals surface area contributed by atoms with Crippen LogP contribution in [-0.4, -0.2) is 22.2 Å². The van der Waals surface area contributed by atoms with Crippen molar-refractivity contribution in [3.8, 4) is 5.69 Å². The second-order valence-electron chi connectivity index (χ2n) is 4.32. The highest BCUT2D eigenvalue weighted by Crippen LogP contribution is 2.36. The third-order valence-electron chi connectivity index (χ3n) is 3.11. The maximum absolute atomic E-state index is 11.9. The molecule has 2 N–H and O–H groups in total. The van der Waals surface area contributed by atoms with Gasteiger partial charge >= 0.3 is 0 Å². The quantitative estimate of drug-likeness (QED) is 0.903. The van der Waals surface area contributed by atoms with Crippen LogP contribution in [0.15, 0.2) is 30.6 Å². The third kappa shape index (κ3) is 2.01. The number of carbonyl (C=O) groups is 1. The van der Waals surface area contributed by atoms with Gasteiger partial charge < -0.3 is 10.6 Å². The van der Waals surface area contributed by atoms with Crippen LogP contribution in [0.2, 0.25) is 5.02 Å². The summed E-state index contributed by atoms with van der Waals surface area (Å²) in [6.07, 6.45) is 3.50. The molecule has 6 heteroatoms. The molecule has 0 radical (unpaired) electrons. The molecule has 1 aliphatic rings. The molecule has 3 rings (SSSR count). The maximum Gasteiger partial charge on any atom is 0.246 e. The van der Waals surface area contributed by atoms with E-state index in [1.807, 2.05) is 31.3 Å². The Kier molecular flexibility index (Phi) is 3.00. The SMILES string of the molecule is CCNC1C(=O)Nc2cc(-n3cccn3)c(Cl)cc21. The molecule has 98 valence electrons. The molecule has 0 bridgehead atoms. The number of rotatable bonds is 3. The Morgan fingerprint density at radius 3 is 3.05 bits per heavy atom. The zero-order chi connectivity index (χ0) is 13.4. The van der Waals surface area contributed by atoms with E-state index in [9.17, 15) is 4.79 Å². The van der Waals surface area contributed by atoms with Gasteiger partial charge in [-0.15, -0.1) is 0 Å². The van der Waals surface area contributed by atoms with E-state index >= 15 is 0 Å². The second kappa shape index (κ2) is 4.68. The van der Waals surface area contributed by atoms with E-state index in [-0.39, 0.29) is 11.9 Å². The molecule has 1 unspecified atom stereocenters. The molecule has 1 aromatic carbocycles. The summed E-state index contributed by atoms with van der Waals surface area (Å²) in [6.45, 7) is 2.68. The van der Waals surface area contributed by atoms with E-state index in [0.717, 1.165) is 23.5 Å². The van der Waals surface area contributed by atoms with Crippen molar-refractivity contribution < 1.29 is 4.79 Å². The summed E-state index contributed by atoms with van der Waals surface area (Å²) >= 11 is 6.28. The minimum absolute atomic E-state index is 0.0504. The Bertz CT molecular complexity index is 624. The van der Waals surface area contributed by atoms with Crippen LogP contribution in [0.25, 0.3) is 5.69 Å². The van der Waals surface area contributed by atoms with E-state index in [1.54, 1.807) is 10.9 Å². The Hall–Kier alpha value is -1.85. The van der Waals surface area contributed by atoms with Crippen LogP contribution in [0.1, 0.15) is 18.5 Å². The number of fused-ring (bicyclic) bond motifs is 1. The summed E-state index contributed by atoms with van der Waals surface area (Å²) in [7, 11) is 0. The van der Waals surface area contributed by atoms with Crippen molar-refractivity contribution in [2.45, 2.75) is 13.0 Å². The van der Waals surface area contributed by atoms with E-state index in [1.165, 1.54) is 0 Å². The molecule has 1 aliphatic heterocycles. The number of halogens is 1. The minimum Gasteiger partial charge on any atom is -0.324 e. The number of amides is 1. The number of nitrogens with zero attached hydrogens (tertiary/aromatic N) is 2. The molecular formula is C13H13ClN4O. The fraction of sp³-hybridized carbons (Fsp3) is 0.231. The number of benzene rings is 1. The van der Waals surface area contributed by atoms with Gasteiger partial charge in [-0.1, -0.05) is 18.5 Å². The van der Waals surface area contributed by atoms with Crippen molar-refractivity contribution >= 4 is 23.2 Å². The molecule has 1 aromatic heterocycles. The zero-order valence-corrected chi connectivity index (χ0v) is 11.1. The van der Waals surface area contributed by atoms with Gasteiger partial charge in [0.2, 0.25) is 5.91 Å². The van der Waals surface area contributed by atoms with E-state index in [0.29, 0.717) is 5.02 Å². The summed E-state index contributed by atoms with van der Waals surface area (Å²) < 4.78 is 1.68. The molecule has 1 atom stereocenters. The van der Waals surface area contributed by atoms with Crippen LogP contribution < -0.4 is 10.6 Å². The van der Waals surface area contributed by atoms with Gasteiger partial charge in [0.15, 0.2) is 0 Å². The molecule has 0 saturated carbocycles. The fourth-order valence-electron chi connectivity index (χ4n) is 2.26. The van der Waals surface area contributed by atoms with Gasteiger partial charge in [-0.05, 0) is 24.7 Å². The first kappa shape index (κ1) is 12.2. The average Bonchev–Trinajstić information content (AvgIpc) is 2.99. The third-order valence-corrected chi connectivity index (χ3v) is 3.41. The van der Waals surface area contributed by atoms with Crippen molar-refractivity contribution in [1.29, 1.82) is 0 Å². The average molecular weight is 277 g/mol. The summed E-state index contributed by atoms with van der Waals surface area (Å²) in [5.41, 5.74) is 2.42. The van der Waals surface area contributed by atoms with Gasteiger partial charge in [-0.3, -0.25) is 4.79 Å². The highest BCUT2D eigenvalue weighted by Gasteiger charge is 2.30. The number of hydrogen-bond donors (Lipinski definition) is 2. The second-order valence-corrected chi connectivity index (χ2v) is 4.73. The van der Waals surface area contributed by atoms with Crippen LogP contribution in [0, 0.1) is 0 Å². The summed E-state index contributed by atoms with van der Waals surface area (Å²) in [6, 6.07) is 5.16. The Labute approximate surface area is 115 Å². The van der Waals surface area contributed by atoms with Crippen molar-refractivity contribution in [2.24, 2.45) is 0 Å². The molecule has 2 aromatic rings. The van der Waals surface area contributed by atoms with E-state index in [2.05, 4.69) is 15.7 Å². The van der Waals surface area contributed by atoms with Gasteiger partial charge in [-0.2, -0.15) is 5.10 Å². The molecule has 0 fully saturated rings. The van der Waals surface area contributed by atoms with Crippen molar-refractivity contribution in [3.05, 3.63) is 41.2 Å². The first-order valence-electron chi connectivity index (χ1n) is 6.08. The lowest BCUT2D eigenvalue weighted by Crippen LogP contribution is -2.27. The number of hydrogen-bond acceptors (Lipinski definition) is 3. The molecule has 0 spiro atoms. The number of aromatic nitrogens is 2. The van der Waals surface area contributed by atoms with E-state index in [4.69, 9.17) is 11.6 Å². The summed E-state index contributed by atoms with van der Waals surface area (Å²) in [5.74, 6) is -0.0504. The maximum atomic E-state index is 11.9. The molecule has 2 heterocycles. The van der Waals surface area contributed by atoms with Crippen LogP contribution in [0.5, 0.6) is 0 Å². The van der Waals surface area contributed by atoms with Crippen LogP contribution in [-0.2, 0) is 4.79 Å². The lowest BCUT2D eigenvalue weighted by Gasteiger charge is -2.11. The highest BCUT2D eigenvalue weighted by atomic mass is 35.5. The summed E-state index contributed by atoms with van der Waals surface area (Å²) in [4.78, 5) is 11.9. The molecule has 0 saturated heterocycles. The first-order chi connectivity index (χ1) is 9.20. The van der Waals surface area contributed by atoms with Crippen molar-refractivity contribution in [1.82, 2.24) is 15.1 Å². The number of anilines is 1. The van der Waals surface area contributed by atoms with E-state index < -0.39 is 0 Å². The molecule has 5 nitrogen and oxygen atoms in total. The van der Waals surface area contributed by atoms with Crippen LogP contribution in [0.3, 0.4) is 0 Å². The monoisotopic (exact) mass is 276 g/mol. The van der Waals surface area contributed by atoms with Crippen molar-refractivity contribution in [2.75, 3.05) is 11.9 Å². The summed E-state index contributed by atoms with van der Waals surface area (Å²) in [5, 5.41) is 10.7. The smallest absolute Gasteiger partial charge is 0.246 e.